The molecule has 0 aliphatic carbocycles. The number of halogens is 1. The highest BCUT2D eigenvalue weighted by Crippen LogP contribution is 2.22. The lowest BCUT2D eigenvalue weighted by molar-refractivity contribution is 0.0775. The average Bonchev–Trinajstić information content (AvgIpc) is 2.95. The fourth-order valence-electron chi connectivity index (χ4n) is 2.08. The Morgan fingerprint density at radius 1 is 1.50 bits per heavy atom. The molecule has 4 nitrogen and oxygen atoms in total. The largest absolute Gasteiger partial charge is 0.397 e. The predicted octanol–water partition coefficient (Wildman–Crippen LogP) is 3.58. The Balaban J connectivity index is 2.13. The standard InChI is InChI=1S/C14H18BrN3OS/c1-3-4-18-7-11(16)6-13(18)14(19)17(2)8-12-5-10(15)9-20-12/h5-7,9H,3-4,8,16H2,1-2H3. The minimum Gasteiger partial charge on any atom is -0.397 e. The van der Waals surface area contributed by atoms with Crippen LogP contribution < -0.4 is 5.73 Å². The van der Waals surface area contributed by atoms with Gasteiger partial charge in [-0.05, 0) is 34.5 Å². The van der Waals surface area contributed by atoms with Crippen molar-refractivity contribution in [1.82, 2.24) is 9.47 Å². The molecule has 20 heavy (non-hydrogen) atoms. The second kappa shape index (κ2) is 6.45. The zero-order valence-corrected chi connectivity index (χ0v) is 14.0. The van der Waals surface area contributed by atoms with Crippen LogP contribution in [0.3, 0.4) is 0 Å². The van der Waals surface area contributed by atoms with E-state index in [0.29, 0.717) is 17.9 Å². The zero-order valence-electron chi connectivity index (χ0n) is 11.6. The summed E-state index contributed by atoms with van der Waals surface area (Å²) in [6, 6.07) is 3.78. The Labute approximate surface area is 131 Å². The van der Waals surface area contributed by atoms with Crippen molar-refractivity contribution in [3.05, 3.63) is 38.8 Å². The summed E-state index contributed by atoms with van der Waals surface area (Å²) in [6.45, 7) is 3.49. The molecule has 2 heterocycles. The highest BCUT2D eigenvalue weighted by atomic mass is 79.9. The van der Waals surface area contributed by atoms with Gasteiger partial charge < -0.3 is 15.2 Å². The third-order valence-electron chi connectivity index (χ3n) is 2.96. The van der Waals surface area contributed by atoms with Gasteiger partial charge in [0.1, 0.15) is 5.69 Å². The second-order valence-corrected chi connectivity index (χ2v) is 6.66. The van der Waals surface area contributed by atoms with Gasteiger partial charge in [0.15, 0.2) is 0 Å². The molecule has 2 rings (SSSR count). The number of rotatable bonds is 5. The highest BCUT2D eigenvalue weighted by molar-refractivity contribution is 9.10. The Hall–Kier alpha value is -1.27. The molecular formula is C14H18BrN3OS. The summed E-state index contributed by atoms with van der Waals surface area (Å²) in [6.07, 6.45) is 2.79. The monoisotopic (exact) mass is 355 g/mol. The van der Waals surface area contributed by atoms with Gasteiger partial charge in [-0.25, -0.2) is 0 Å². The molecule has 2 N–H and O–H groups in total. The molecule has 0 saturated heterocycles. The predicted molar refractivity (Wildman–Crippen MR) is 87.0 cm³/mol. The van der Waals surface area contributed by atoms with Gasteiger partial charge in [-0.1, -0.05) is 6.92 Å². The van der Waals surface area contributed by atoms with Crippen LogP contribution in [-0.4, -0.2) is 22.4 Å². The van der Waals surface area contributed by atoms with Crippen LogP contribution in [0.15, 0.2) is 28.2 Å². The topological polar surface area (TPSA) is 51.3 Å². The zero-order chi connectivity index (χ0) is 14.7. The number of aromatic nitrogens is 1. The first-order valence-corrected chi connectivity index (χ1v) is 8.12. The summed E-state index contributed by atoms with van der Waals surface area (Å²) in [5.74, 6) is -0.000303. The van der Waals surface area contributed by atoms with E-state index in [1.165, 1.54) is 0 Å². The van der Waals surface area contributed by atoms with Crippen molar-refractivity contribution in [2.24, 2.45) is 0 Å². The summed E-state index contributed by atoms with van der Waals surface area (Å²) >= 11 is 5.06. The van der Waals surface area contributed by atoms with E-state index in [1.54, 1.807) is 22.3 Å². The molecule has 0 aliphatic rings. The third kappa shape index (κ3) is 3.43. The lowest BCUT2D eigenvalue weighted by atomic mass is 10.3. The van der Waals surface area contributed by atoms with Crippen LogP contribution in [-0.2, 0) is 13.1 Å². The van der Waals surface area contributed by atoms with E-state index in [0.717, 1.165) is 22.3 Å². The fourth-order valence-corrected chi connectivity index (χ4v) is 3.58. The lowest BCUT2D eigenvalue weighted by Crippen LogP contribution is -2.27. The Kier molecular flexibility index (Phi) is 4.88. The van der Waals surface area contributed by atoms with Crippen molar-refractivity contribution in [2.75, 3.05) is 12.8 Å². The number of hydrogen-bond acceptors (Lipinski definition) is 3. The first kappa shape index (κ1) is 15.1. The maximum Gasteiger partial charge on any atom is 0.270 e. The molecule has 0 saturated carbocycles. The number of anilines is 1. The number of carbonyl (C=O) groups excluding carboxylic acids is 1. The van der Waals surface area contributed by atoms with Crippen LogP contribution in [0, 0.1) is 0 Å². The molecular weight excluding hydrogens is 338 g/mol. The third-order valence-corrected chi connectivity index (χ3v) is 4.65. The van der Waals surface area contributed by atoms with Gasteiger partial charge in [-0.15, -0.1) is 11.3 Å². The number of thiophene rings is 1. The molecule has 0 unspecified atom stereocenters. The van der Waals surface area contributed by atoms with Gasteiger partial charge in [0.25, 0.3) is 5.91 Å². The second-order valence-electron chi connectivity index (χ2n) is 4.74. The molecule has 0 aliphatic heterocycles. The summed E-state index contributed by atoms with van der Waals surface area (Å²) in [5, 5.41) is 2.02. The lowest BCUT2D eigenvalue weighted by Gasteiger charge is -2.17. The van der Waals surface area contributed by atoms with Gasteiger partial charge in [0.2, 0.25) is 0 Å². The normalized spacial score (nSPS) is 10.8. The summed E-state index contributed by atoms with van der Waals surface area (Å²) < 4.78 is 2.98. The van der Waals surface area contributed by atoms with Gasteiger partial charge in [-0.3, -0.25) is 4.79 Å². The SMILES string of the molecule is CCCn1cc(N)cc1C(=O)N(C)Cc1cc(Br)cs1. The highest BCUT2D eigenvalue weighted by Gasteiger charge is 2.17. The van der Waals surface area contributed by atoms with E-state index in [2.05, 4.69) is 22.9 Å². The summed E-state index contributed by atoms with van der Waals surface area (Å²) in [5.41, 5.74) is 7.10. The Morgan fingerprint density at radius 3 is 2.85 bits per heavy atom. The van der Waals surface area contributed by atoms with Crippen molar-refractivity contribution >= 4 is 38.9 Å². The number of amides is 1. The fraction of sp³-hybridized carbons (Fsp3) is 0.357. The van der Waals surface area contributed by atoms with E-state index in [1.807, 2.05) is 29.3 Å². The minimum absolute atomic E-state index is 0.000303. The van der Waals surface area contributed by atoms with E-state index >= 15 is 0 Å². The molecule has 0 aromatic carbocycles. The molecule has 0 radical (unpaired) electrons. The number of nitrogens with two attached hydrogens (primary N) is 1. The van der Waals surface area contributed by atoms with Crippen molar-refractivity contribution in [1.29, 1.82) is 0 Å². The number of hydrogen-bond donors (Lipinski definition) is 1. The minimum atomic E-state index is -0.000303. The molecule has 2 aromatic rings. The smallest absolute Gasteiger partial charge is 0.270 e. The average molecular weight is 356 g/mol. The molecule has 0 bridgehead atoms. The molecule has 6 heteroatoms. The molecule has 108 valence electrons. The van der Waals surface area contributed by atoms with Crippen molar-refractivity contribution in [3.63, 3.8) is 0 Å². The molecule has 0 spiro atoms. The van der Waals surface area contributed by atoms with Crippen LogP contribution in [0.1, 0.15) is 28.7 Å². The maximum absolute atomic E-state index is 12.5. The van der Waals surface area contributed by atoms with Crippen LogP contribution >= 0.6 is 27.3 Å². The van der Waals surface area contributed by atoms with Gasteiger partial charge in [-0.2, -0.15) is 0 Å². The summed E-state index contributed by atoms with van der Waals surface area (Å²) in [4.78, 5) is 15.4. The van der Waals surface area contributed by atoms with Gasteiger partial charge >= 0.3 is 0 Å². The molecule has 0 atom stereocenters. The first-order valence-electron chi connectivity index (χ1n) is 6.45. The van der Waals surface area contributed by atoms with E-state index in [9.17, 15) is 4.79 Å². The number of aryl methyl sites for hydroxylation is 1. The van der Waals surface area contributed by atoms with Gasteiger partial charge in [0.05, 0.1) is 12.2 Å². The molecule has 1 amide bonds. The van der Waals surface area contributed by atoms with Crippen molar-refractivity contribution < 1.29 is 4.79 Å². The summed E-state index contributed by atoms with van der Waals surface area (Å²) in [7, 11) is 1.81. The Morgan fingerprint density at radius 2 is 2.25 bits per heavy atom. The van der Waals surface area contributed by atoms with Crippen molar-refractivity contribution in [2.45, 2.75) is 26.4 Å². The van der Waals surface area contributed by atoms with Gasteiger partial charge in [0, 0.05) is 34.5 Å². The van der Waals surface area contributed by atoms with Crippen LogP contribution in [0.4, 0.5) is 5.69 Å². The van der Waals surface area contributed by atoms with E-state index in [4.69, 9.17) is 5.73 Å². The quantitative estimate of drug-likeness (QED) is 0.890. The number of carbonyl (C=O) groups is 1. The van der Waals surface area contributed by atoms with Crippen LogP contribution in [0.2, 0.25) is 0 Å². The molecule has 0 fully saturated rings. The number of nitrogen functional groups attached to an aromatic ring is 1. The maximum atomic E-state index is 12.5. The van der Waals surface area contributed by atoms with E-state index < -0.39 is 0 Å². The Bertz CT molecular complexity index is 605. The van der Waals surface area contributed by atoms with Crippen molar-refractivity contribution in [3.8, 4) is 0 Å². The molecule has 2 aromatic heterocycles. The van der Waals surface area contributed by atoms with E-state index in [-0.39, 0.29) is 5.91 Å². The van der Waals surface area contributed by atoms with Crippen LogP contribution in [0.5, 0.6) is 0 Å². The van der Waals surface area contributed by atoms with Crippen LogP contribution in [0.25, 0.3) is 0 Å². The first-order chi connectivity index (χ1) is 9.51. The number of nitrogens with zero attached hydrogens (tertiary/aromatic N) is 2.